The van der Waals surface area contributed by atoms with Crippen LogP contribution < -0.4 is 9.64 Å². The largest absolute Gasteiger partial charge is 0.433 e. The lowest BCUT2D eigenvalue weighted by Gasteiger charge is -2.19. The van der Waals surface area contributed by atoms with E-state index in [-0.39, 0.29) is 35.1 Å². The van der Waals surface area contributed by atoms with Gasteiger partial charge in [0.05, 0.1) is 17.5 Å². The molecular weight excluding hydrogens is 292 g/mol. The molecule has 0 bridgehead atoms. The molecule has 4 nitrogen and oxygen atoms in total. The van der Waals surface area contributed by atoms with Crippen LogP contribution in [0.15, 0.2) is 18.2 Å². The molecule has 0 radical (unpaired) electrons. The quantitative estimate of drug-likeness (QED) is 0.805. The Kier molecular flexibility index (Phi) is 3.85. The van der Waals surface area contributed by atoms with Gasteiger partial charge < -0.3 is 4.74 Å². The Morgan fingerprint density at radius 1 is 1.14 bits per heavy atom. The standard InChI is InChI=1S/C16H17F2NO3/c1-9-6-7-13(22-16(17)18)12(8-9)19-14(20)10-4-2-3-5-11(10)15(19)21/h6-8,10-11,16H,2-5H2,1H3. The van der Waals surface area contributed by atoms with Gasteiger partial charge in [-0.15, -0.1) is 0 Å². The number of imide groups is 1. The Balaban J connectivity index is 2.01. The van der Waals surface area contributed by atoms with Crippen molar-refractivity contribution in [3.05, 3.63) is 23.8 Å². The second kappa shape index (κ2) is 5.66. The third-order valence-electron chi connectivity index (χ3n) is 4.41. The van der Waals surface area contributed by atoms with Crippen molar-refractivity contribution < 1.29 is 23.1 Å². The summed E-state index contributed by atoms with van der Waals surface area (Å²) in [6.07, 6.45) is 3.20. The van der Waals surface area contributed by atoms with Gasteiger partial charge in [-0.25, -0.2) is 4.90 Å². The Hall–Kier alpha value is -1.98. The fourth-order valence-corrected chi connectivity index (χ4v) is 3.40. The zero-order valence-corrected chi connectivity index (χ0v) is 12.2. The lowest BCUT2D eigenvalue weighted by molar-refractivity contribution is -0.122. The lowest BCUT2D eigenvalue weighted by Crippen LogP contribution is -2.31. The van der Waals surface area contributed by atoms with Crippen molar-refractivity contribution in [1.29, 1.82) is 0 Å². The number of fused-ring (bicyclic) bond motifs is 1. The van der Waals surface area contributed by atoms with Gasteiger partial charge in [0.15, 0.2) is 0 Å². The highest BCUT2D eigenvalue weighted by Gasteiger charge is 2.49. The number of rotatable bonds is 3. The maximum absolute atomic E-state index is 12.6. The van der Waals surface area contributed by atoms with E-state index >= 15 is 0 Å². The number of benzene rings is 1. The van der Waals surface area contributed by atoms with Crippen molar-refractivity contribution in [2.75, 3.05) is 4.90 Å². The number of anilines is 1. The van der Waals surface area contributed by atoms with Crippen LogP contribution in [0.1, 0.15) is 31.2 Å². The van der Waals surface area contributed by atoms with Gasteiger partial charge in [-0.2, -0.15) is 8.78 Å². The van der Waals surface area contributed by atoms with Crippen LogP contribution in [0.5, 0.6) is 5.75 Å². The minimum Gasteiger partial charge on any atom is -0.433 e. The Morgan fingerprint density at radius 3 is 2.27 bits per heavy atom. The van der Waals surface area contributed by atoms with Crippen molar-refractivity contribution in [1.82, 2.24) is 0 Å². The molecule has 0 aromatic heterocycles. The molecule has 3 rings (SSSR count). The van der Waals surface area contributed by atoms with Gasteiger partial charge in [-0.3, -0.25) is 9.59 Å². The molecule has 6 heteroatoms. The predicted molar refractivity (Wildman–Crippen MR) is 75.8 cm³/mol. The molecule has 2 aliphatic rings. The maximum atomic E-state index is 12.6. The van der Waals surface area contributed by atoms with Crippen molar-refractivity contribution >= 4 is 17.5 Å². The van der Waals surface area contributed by atoms with Crippen molar-refractivity contribution in [3.8, 4) is 5.75 Å². The van der Waals surface area contributed by atoms with Crippen LogP contribution in [-0.4, -0.2) is 18.4 Å². The lowest BCUT2D eigenvalue weighted by atomic mass is 9.81. The molecule has 0 N–H and O–H groups in total. The van der Waals surface area contributed by atoms with E-state index in [2.05, 4.69) is 4.74 Å². The summed E-state index contributed by atoms with van der Waals surface area (Å²) < 4.78 is 29.6. The molecule has 2 atom stereocenters. The Morgan fingerprint density at radius 2 is 1.73 bits per heavy atom. The van der Waals surface area contributed by atoms with E-state index in [0.717, 1.165) is 23.3 Å². The van der Waals surface area contributed by atoms with Crippen LogP contribution in [0.25, 0.3) is 0 Å². The smallest absolute Gasteiger partial charge is 0.387 e. The molecule has 1 saturated heterocycles. The second-order valence-electron chi connectivity index (χ2n) is 5.86. The minimum atomic E-state index is -3.00. The number of hydrogen-bond donors (Lipinski definition) is 0. The number of alkyl halides is 2. The first kappa shape index (κ1) is 14.9. The first-order chi connectivity index (χ1) is 10.5. The zero-order chi connectivity index (χ0) is 15.9. The number of amides is 2. The van der Waals surface area contributed by atoms with Crippen molar-refractivity contribution in [2.24, 2.45) is 11.8 Å². The molecule has 2 fully saturated rings. The van der Waals surface area contributed by atoms with Crippen molar-refractivity contribution in [3.63, 3.8) is 0 Å². The van der Waals surface area contributed by atoms with Crippen LogP contribution in [0.3, 0.4) is 0 Å². The molecule has 2 amide bonds. The molecule has 1 aromatic rings. The molecule has 22 heavy (non-hydrogen) atoms. The maximum Gasteiger partial charge on any atom is 0.387 e. The van der Waals surface area contributed by atoms with Gasteiger partial charge in [0, 0.05) is 0 Å². The average molecular weight is 309 g/mol. The predicted octanol–water partition coefficient (Wildman–Crippen LogP) is 3.28. The Labute approximate surface area is 127 Å². The molecule has 1 heterocycles. The monoisotopic (exact) mass is 309 g/mol. The van der Waals surface area contributed by atoms with E-state index in [0.29, 0.717) is 12.8 Å². The van der Waals surface area contributed by atoms with E-state index in [1.807, 2.05) is 0 Å². The minimum absolute atomic E-state index is 0.129. The zero-order valence-electron chi connectivity index (χ0n) is 12.2. The molecule has 1 aliphatic carbocycles. The van der Waals surface area contributed by atoms with Crippen LogP contribution >= 0.6 is 0 Å². The molecule has 1 saturated carbocycles. The number of aryl methyl sites for hydroxylation is 1. The van der Waals surface area contributed by atoms with Crippen LogP contribution in [0.2, 0.25) is 0 Å². The third kappa shape index (κ3) is 2.46. The van der Waals surface area contributed by atoms with E-state index in [9.17, 15) is 18.4 Å². The van der Waals surface area contributed by atoms with E-state index in [4.69, 9.17) is 0 Å². The first-order valence-electron chi connectivity index (χ1n) is 7.42. The average Bonchev–Trinajstić information content (AvgIpc) is 2.73. The van der Waals surface area contributed by atoms with E-state index < -0.39 is 6.61 Å². The number of carbonyl (C=O) groups excluding carboxylic acids is 2. The molecule has 118 valence electrons. The highest BCUT2D eigenvalue weighted by Crippen LogP contribution is 2.43. The van der Waals surface area contributed by atoms with Crippen LogP contribution in [0.4, 0.5) is 14.5 Å². The summed E-state index contributed by atoms with van der Waals surface area (Å²) in [6.45, 7) is -1.23. The molecule has 2 unspecified atom stereocenters. The summed E-state index contributed by atoms with van der Waals surface area (Å²) in [5, 5.41) is 0. The van der Waals surface area contributed by atoms with Gasteiger partial charge in [0.25, 0.3) is 0 Å². The van der Waals surface area contributed by atoms with Gasteiger partial charge in [0.2, 0.25) is 11.8 Å². The number of ether oxygens (including phenoxy) is 1. The third-order valence-corrected chi connectivity index (χ3v) is 4.41. The first-order valence-corrected chi connectivity index (χ1v) is 7.42. The second-order valence-corrected chi connectivity index (χ2v) is 5.86. The molecule has 1 aromatic carbocycles. The van der Waals surface area contributed by atoms with Gasteiger partial charge in [-0.1, -0.05) is 18.9 Å². The molecular formula is C16H17F2NO3. The normalized spacial score (nSPS) is 24.8. The summed E-state index contributed by atoms with van der Waals surface area (Å²) in [5.74, 6) is -1.36. The highest BCUT2D eigenvalue weighted by atomic mass is 19.3. The van der Waals surface area contributed by atoms with Gasteiger partial charge in [0.1, 0.15) is 5.75 Å². The van der Waals surface area contributed by atoms with Gasteiger partial charge in [-0.05, 0) is 37.5 Å². The van der Waals surface area contributed by atoms with Crippen molar-refractivity contribution in [2.45, 2.75) is 39.2 Å². The summed E-state index contributed by atoms with van der Waals surface area (Å²) in [4.78, 5) is 26.2. The molecule has 1 aliphatic heterocycles. The van der Waals surface area contributed by atoms with Crippen LogP contribution in [0, 0.1) is 18.8 Å². The van der Waals surface area contributed by atoms with Crippen LogP contribution in [-0.2, 0) is 9.59 Å². The summed E-state index contributed by atoms with van der Waals surface area (Å²) in [7, 11) is 0. The topological polar surface area (TPSA) is 46.6 Å². The van der Waals surface area contributed by atoms with E-state index in [1.54, 1.807) is 19.1 Å². The number of hydrogen-bond acceptors (Lipinski definition) is 3. The number of halogens is 2. The summed E-state index contributed by atoms with van der Waals surface area (Å²) in [5.41, 5.74) is 0.900. The highest BCUT2D eigenvalue weighted by molar-refractivity contribution is 6.22. The number of nitrogens with zero attached hydrogens (tertiary/aromatic N) is 1. The Bertz CT molecular complexity index is 593. The van der Waals surface area contributed by atoms with E-state index in [1.165, 1.54) is 6.07 Å². The molecule has 0 spiro atoms. The fraction of sp³-hybridized carbons (Fsp3) is 0.500. The fourth-order valence-electron chi connectivity index (χ4n) is 3.40. The summed E-state index contributed by atoms with van der Waals surface area (Å²) in [6, 6.07) is 4.53. The summed E-state index contributed by atoms with van der Waals surface area (Å²) >= 11 is 0. The SMILES string of the molecule is Cc1ccc(OC(F)F)c(N2C(=O)C3CCCCC3C2=O)c1. The van der Waals surface area contributed by atoms with Gasteiger partial charge >= 0.3 is 6.61 Å². The number of carbonyl (C=O) groups is 2.